The summed E-state index contributed by atoms with van der Waals surface area (Å²) in [6.45, 7) is 2.14. The van der Waals surface area contributed by atoms with Gasteiger partial charge in [-0.2, -0.15) is 9.78 Å². The number of halogens is 1. The third-order valence-electron chi connectivity index (χ3n) is 4.34. The number of carbonyl (C=O) groups excluding carboxylic acids is 1. The van der Waals surface area contributed by atoms with Gasteiger partial charge in [0.1, 0.15) is 5.82 Å². The van der Waals surface area contributed by atoms with Gasteiger partial charge in [-0.15, -0.1) is 0 Å². The van der Waals surface area contributed by atoms with Gasteiger partial charge in [-0.05, 0) is 31.2 Å². The summed E-state index contributed by atoms with van der Waals surface area (Å²) in [6, 6.07) is 16.2. The van der Waals surface area contributed by atoms with Gasteiger partial charge >= 0.3 is 0 Å². The molecule has 28 heavy (non-hydrogen) atoms. The fourth-order valence-electron chi connectivity index (χ4n) is 3.11. The Kier molecular flexibility index (Phi) is 4.85. The SMILES string of the molecule is Cc1cc(NC(=O)c2ccccc2Cl)n(-c2nc3ccccc3n2CCO)n1. The molecule has 4 aromatic rings. The average Bonchev–Trinajstić information content (AvgIpc) is 3.22. The van der Waals surface area contributed by atoms with Crippen molar-refractivity contribution in [1.82, 2.24) is 19.3 Å². The minimum absolute atomic E-state index is 0.0467. The lowest BCUT2D eigenvalue weighted by atomic mass is 10.2. The Labute approximate surface area is 166 Å². The number of nitrogens with one attached hydrogen (secondary N) is 1. The van der Waals surface area contributed by atoms with E-state index in [4.69, 9.17) is 11.6 Å². The zero-order valence-electron chi connectivity index (χ0n) is 15.1. The molecule has 2 aromatic heterocycles. The number of aryl methyl sites for hydroxylation is 1. The third-order valence-corrected chi connectivity index (χ3v) is 4.67. The van der Waals surface area contributed by atoms with Crippen LogP contribution < -0.4 is 5.32 Å². The largest absolute Gasteiger partial charge is 0.395 e. The van der Waals surface area contributed by atoms with Crippen LogP contribution in [-0.4, -0.2) is 37.0 Å². The first-order valence-corrected chi connectivity index (χ1v) is 9.15. The molecule has 0 aliphatic rings. The molecule has 0 saturated carbocycles. The van der Waals surface area contributed by atoms with E-state index in [9.17, 15) is 9.90 Å². The lowest BCUT2D eigenvalue weighted by molar-refractivity contribution is 0.102. The Balaban J connectivity index is 1.79. The maximum absolute atomic E-state index is 12.7. The van der Waals surface area contributed by atoms with Gasteiger partial charge in [-0.3, -0.25) is 4.79 Å². The van der Waals surface area contributed by atoms with Crippen molar-refractivity contribution in [3.05, 3.63) is 70.9 Å². The predicted molar refractivity (Wildman–Crippen MR) is 108 cm³/mol. The summed E-state index contributed by atoms with van der Waals surface area (Å²) in [7, 11) is 0. The number of para-hydroxylation sites is 2. The second-order valence-corrected chi connectivity index (χ2v) is 6.70. The standard InChI is InChI=1S/C20H18ClN5O2/c1-13-12-18(23-19(28)14-6-2-3-7-15(14)21)26(24-13)20-22-16-8-4-5-9-17(16)25(20)10-11-27/h2-9,12,27H,10-11H2,1H3,(H,23,28). The normalized spacial score (nSPS) is 11.1. The highest BCUT2D eigenvalue weighted by molar-refractivity contribution is 6.34. The second kappa shape index (κ2) is 7.46. The first-order valence-electron chi connectivity index (χ1n) is 8.77. The van der Waals surface area contributed by atoms with Gasteiger partial charge in [0.25, 0.3) is 5.91 Å². The predicted octanol–water partition coefficient (Wildman–Crippen LogP) is 3.43. The molecule has 0 aliphatic carbocycles. The topological polar surface area (TPSA) is 85.0 Å². The number of aliphatic hydroxyl groups is 1. The van der Waals surface area contributed by atoms with Crippen LogP contribution in [0.4, 0.5) is 5.82 Å². The van der Waals surface area contributed by atoms with Crippen LogP contribution >= 0.6 is 11.6 Å². The van der Waals surface area contributed by atoms with E-state index in [-0.39, 0.29) is 12.5 Å². The number of anilines is 1. The average molecular weight is 396 g/mol. The van der Waals surface area contributed by atoms with Gasteiger partial charge in [-0.1, -0.05) is 35.9 Å². The molecule has 0 aliphatic heterocycles. The van der Waals surface area contributed by atoms with Gasteiger partial charge in [0.15, 0.2) is 0 Å². The molecule has 0 saturated heterocycles. The van der Waals surface area contributed by atoms with Gasteiger partial charge in [0.2, 0.25) is 5.95 Å². The summed E-state index contributed by atoms with van der Waals surface area (Å²) >= 11 is 6.14. The summed E-state index contributed by atoms with van der Waals surface area (Å²) in [5, 5.41) is 17.2. The summed E-state index contributed by atoms with van der Waals surface area (Å²) in [5.41, 5.74) is 2.75. The molecular weight excluding hydrogens is 378 g/mol. The summed E-state index contributed by atoms with van der Waals surface area (Å²) in [6.07, 6.45) is 0. The van der Waals surface area contributed by atoms with Gasteiger partial charge in [0, 0.05) is 12.6 Å². The lowest BCUT2D eigenvalue weighted by Gasteiger charge is -2.11. The van der Waals surface area contributed by atoms with Crippen molar-refractivity contribution >= 4 is 34.4 Å². The van der Waals surface area contributed by atoms with E-state index in [2.05, 4.69) is 15.4 Å². The molecule has 7 nitrogen and oxygen atoms in total. The molecule has 0 bridgehead atoms. The van der Waals surface area contributed by atoms with Crippen LogP contribution in [-0.2, 0) is 6.54 Å². The number of aromatic nitrogens is 4. The van der Waals surface area contributed by atoms with Crippen LogP contribution in [0.25, 0.3) is 17.0 Å². The molecule has 8 heteroatoms. The Morgan fingerprint density at radius 3 is 2.71 bits per heavy atom. The number of imidazole rings is 1. The number of aliphatic hydroxyl groups excluding tert-OH is 1. The van der Waals surface area contributed by atoms with E-state index < -0.39 is 0 Å². The minimum atomic E-state index is -0.337. The van der Waals surface area contributed by atoms with Crippen LogP contribution in [0, 0.1) is 6.92 Å². The van der Waals surface area contributed by atoms with Crippen molar-refractivity contribution in [2.24, 2.45) is 0 Å². The van der Waals surface area contributed by atoms with Crippen LogP contribution in [0.1, 0.15) is 16.1 Å². The second-order valence-electron chi connectivity index (χ2n) is 6.29. The number of hydrogen-bond acceptors (Lipinski definition) is 4. The number of fused-ring (bicyclic) bond motifs is 1. The number of benzene rings is 2. The molecule has 2 heterocycles. The highest BCUT2D eigenvalue weighted by atomic mass is 35.5. The van der Waals surface area contributed by atoms with Crippen LogP contribution in [0.15, 0.2) is 54.6 Å². The molecule has 142 valence electrons. The summed E-state index contributed by atoms with van der Waals surface area (Å²) in [5.74, 6) is 0.645. The zero-order chi connectivity index (χ0) is 19.7. The van der Waals surface area contributed by atoms with Gasteiger partial charge in [0.05, 0.1) is 33.9 Å². The Morgan fingerprint density at radius 2 is 1.93 bits per heavy atom. The lowest BCUT2D eigenvalue weighted by Crippen LogP contribution is -2.18. The van der Waals surface area contributed by atoms with Crippen molar-refractivity contribution in [2.75, 3.05) is 11.9 Å². The van der Waals surface area contributed by atoms with Crippen molar-refractivity contribution in [3.63, 3.8) is 0 Å². The molecular formula is C20H18ClN5O2. The summed E-state index contributed by atoms with van der Waals surface area (Å²) in [4.78, 5) is 17.4. The highest BCUT2D eigenvalue weighted by Gasteiger charge is 2.19. The molecule has 0 fully saturated rings. The Morgan fingerprint density at radius 1 is 1.18 bits per heavy atom. The van der Waals surface area contributed by atoms with Gasteiger partial charge in [-0.25, -0.2) is 4.98 Å². The Hall–Kier alpha value is -3.16. The van der Waals surface area contributed by atoms with Crippen molar-refractivity contribution in [3.8, 4) is 5.95 Å². The van der Waals surface area contributed by atoms with Gasteiger partial charge < -0.3 is 15.0 Å². The van der Waals surface area contributed by atoms with E-state index in [0.717, 1.165) is 16.7 Å². The fraction of sp³-hybridized carbons (Fsp3) is 0.150. The van der Waals surface area contributed by atoms with Crippen molar-refractivity contribution in [2.45, 2.75) is 13.5 Å². The molecule has 0 spiro atoms. The molecule has 0 unspecified atom stereocenters. The third kappa shape index (κ3) is 3.26. The highest BCUT2D eigenvalue weighted by Crippen LogP contribution is 2.23. The van der Waals surface area contributed by atoms with E-state index in [1.807, 2.05) is 35.8 Å². The van der Waals surface area contributed by atoms with E-state index in [1.54, 1.807) is 35.0 Å². The number of carbonyl (C=O) groups is 1. The van der Waals surface area contributed by atoms with Crippen LogP contribution in [0.5, 0.6) is 0 Å². The number of amides is 1. The minimum Gasteiger partial charge on any atom is -0.395 e. The maximum Gasteiger partial charge on any atom is 0.258 e. The first-order chi connectivity index (χ1) is 13.6. The monoisotopic (exact) mass is 395 g/mol. The summed E-state index contributed by atoms with van der Waals surface area (Å²) < 4.78 is 3.44. The molecule has 2 N–H and O–H groups in total. The number of nitrogens with zero attached hydrogens (tertiary/aromatic N) is 4. The van der Waals surface area contributed by atoms with Crippen molar-refractivity contribution in [1.29, 1.82) is 0 Å². The molecule has 1 amide bonds. The molecule has 0 atom stereocenters. The van der Waals surface area contributed by atoms with E-state index in [0.29, 0.717) is 28.9 Å². The quantitative estimate of drug-likeness (QED) is 0.542. The molecule has 0 radical (unpaired) electrons. The fourth-order valence-corrected chi connectivity index (χ4v) is 3.34. The molecule has 2 aromatic carbocycles. The van der Waals surface area contributed by atoms with Crippen LogP contribution in [0.3, 0.4) is 0 Å². The zero-order valence-corrected chi connectivity index (χ0v) is 15.9. The number of hydrogen-bond donors (Lipinski definition) is 2. The van der Waals surface area contributed by atoms with E-state index in [1.165, 1.54) is 0 Å². The number of rotatable bonds is 5. The van der Waals surface area contributed by atoms with Crippen molar-refractivity contribution < 1.29 is 9.90 Å². The Bertz CT molecular complexity index is 1160. The maximum atomic E-state index is 12.7. The van der Waals surface area contributed by atoms with Crippen LogP contribution in [0.2, 0.25) is 5.02 Å². The molecule has 4 rings (SSSR count). The first kappa shape index (κ1) is 18.2. The van der Waals surface area contributed by atoms with E-state index >= 15 is 0 Å². The smallest absolute Gasteiger partial charge is 0.258 e.